The summed E-state index contributed by atoms with van der Waals surface area (Å²) < 4.78 is 0. The van der Waals surface area contributed by atoms with Crippen molar-refractivity contribution in [1.29, 1.82) is 0 Å². The number of rotatable bonds is 1. The highest BCUT2D eigenvalue weighted by Crippen LogP contribution is 2.46. The lowest BCUT2D eigenvalue weighted by Gasteiger charge is -2.36. The first-order valence-electron chi connectivity index (χ1n) is 5.34. The van der Waals surface area contributed by atoms with Gasteiger partial charge in [-0.1, -0.05) is 32.0 Å². The summed E-state index contributed by atoms with van der Waals surface area (Å²) in [5, 5.41) is 0. The van der Waals surface area contributed by atoms with Crippen LogP contribution in [0.1, 0.15) is 56.2 Å². The Morgan fingerprint density at radius 1 is 1.07 bits per heavy atom. The molecule has 1 nitrogen and oxygen atoms in total. The molecule has 1 heteroatoms. The maximum absolute atomic E-state index is 6.08. The first-order valence-corrected chi connectivity index (χ1v) is 5.34. The Balaban J connectivity index is 2.43. The molecule has 0 fully saturated rings. The third kappa shape index (κ3) is 1.27. The van der Waals surface area contributed by atoms with E-state index in [1.165, 1.54) is 16.7 Å². The van der Waals surface area contributed by atoms with Crippen LogP contribution >= 0.6 is 0 Å². The van der Waals surface area contributed by atoms with Gasteiger partial charge >= 0.3 is 0 Å². The summed E-state index contributed by atoms with van der Waals surface area (Å²) in [5.74, 6) is 1.42. The maximum Gasteiger partial charge on any atom is 0.0352 e. The highest BCUT2D eigenvalue weighted by molar-refractivity contribution is 5.47. The predicted molar refractivity (Wildman–Crippen MR) is 60.5 cm³/mol. The molecule has 14 heavy (non-hydrogen) atoms. The van der Waals surface area contributed by atoms with Gasteiger partial charge in [-0.15, -0.1) is 0 Å². The molecule has 1 aliphatic carbocycles. The van der Waals surface area contributed by atoms with Gasteiger partial charge in [-0.2, -0.15) is 0 Å². The zero-order valence-corrected chi connectivity index (χ0v) is 9.46. The lowest BCUT2D eigenvalue weighted by molar-refractivity contribution is 0.522. The lowest BCUT2D eigenvalue weighted by atomic mass is 9.69. The molecule has 0 spiro atoms. The number of hydrogen-bond donors (Lipinski definition) is 1. The molecular weight excluding hydrogens is 170 g/mol. The molecule has 0 saturated carbocycles. The van der Waals surface area contributed by atoms with Crippen LogP contribution in [0.15, 0.2) is 18.2 Å². The topological polar surface area (TPSA) is 26.0 Å². The molecule has 2 unspecified atom stereocenters. The Labute approximate surface area is 86.3 Å². The Bertz CT molecular complexity index is 360. The van der Waals surface area contributed by atoms with Crippen LogP contribution in [-0.2, 0) is 5.54 Å². The van der Waals surface area contributed by atoms with Crippen LogP contribution in [0.25, 0.3) is 0 Å². The molecule has 0 bridgehead atoms. The molecule has 1 aromatic rings. The highest BCUT2D eigenvalue weighted by atomic mass is 14.7. The summed E-state index contributed by atoms with van der Waals surface area (Å²) in [6.07, 6.45) is 0. The summed E-state index contributed by atoms with van der Waals surface area (Å²) >= 11 is 0. The van der Waals surface area contributed by atoms with Gasteiger partial charge < -0.3 is 5.73 Å². The lowest BCUT2D eigenvalue weighted by Crippen LogP contribution is -2.30. The molecule has 2 atom stereocenters. The van der Waals surface area contributed by atoms with Crippen molar-refractivity contribution in [3.05, 3.63) is 34.9 Å². The van der Waals surface area contributed by atoms with Gasteiger partial charge in [-0.05, 0) is 42.4 Å². The van der Waals surface area contributed by atoms with Crippen LogP contribution in [0, 0.1) is 0 Å². The normalized spacial score (nSPS) is 25.5. The standard InChI is InChI=1S/C13H19N/c1-8-9(2)12-7-10(13(3,4)14)5-6-11(8)12/h5-9H,14H2,1-4H3. The number of fused-ring (bicyclic) bond motifs is 1. The molecule has 0 heterocycles. The molecule has 1 aromatic carbocycles. The zero-order chi connectivity index (χ0) is 10.5. The van der Waals surface area contributed by atoms with Crippen LogP contribution in [0.2, 0.25) is 0 Å². The van der Waals surface area contributed by atoms with Crippen molar-refractivity contribution < 1.29 is 0 Å². The van der Waals surface area contributed by atoms with E-state index in [2.05, 4.69) is 45.9 Å². The fourth-order valence-electron chi connectivity index (χ4n) is 2.23. The van der Waals surface area contributed by atoms with E-state index in [-0.39, 0.29) is 5.54 Å². The van der Waals surface area contributed by atoms with E-state index in [9.17, 15) is 0 Å². The van der Waals surface area contributed by atoms with Gasteiger partial charge in [-0.25, -0.2) is 0 Å². The van der Waals surface area contributed by atoms with E-state index in [0.717, 1.165) is 5.92 Å². The van der Waals surface area contributed by atoms with E-state index in [4.69, 9.17) is 5.73 Å². The van der Waals surface area contributed by atoms with E-state index in [0.29, 0.717) is 5.92 Å². The van der Waals surface area contributed by atoms with Crippen molar-refractivity contribution in [2.24, 2.45) is 5.73 Å². The van der Waals surface area contributed by atoms with E-state index < -0.39 is 0 Å². The molecule has 0 aliphatic heterocycles. The van der Waals surface area contributed by atoms with Crippen molar-refractivity contribution >= 4 is 0 Å². The summed E-state index contributed by atoms with van der Waals surface area (Å²) in [4.78, 5) is 0. The van der Waals surface area contributed by atoms with Gasteiger partial charge in [0.25, 0.3) is 0 Å². The minimum absolute atomic E-state index is 0.215. The average molecular weight is 189 g/mol. The third-order valence-electron chi connectivity index (χ3n) is 3.56. The minimum Gasteiger partial charge on any atom is -0.322 e. The molecule has 0 saturated heterocycles. The monoisotopic (exact) mass is 189 g/mol. The van der Waals surface area contributed by atoms with Crippen LogP contribution in [0.5, 0.6) is 0 Å². The van der Waals surface area contributed by atoms with Gasteiger partial charge in [0.15, 0.2) is 0 Å². The van der Waals surface area contributed by atoms with Gasteiger partial charge in [0, 0.05) is 5.54 Å². The van der Waals surface area contributed by atoms with Gasteiger partial charge in [0.05, 0.1) is 0 Å². The van der Waals surface area contributed by atoms with E-state index in [1.807, 2.05) is 0 Å². The fraction of sp³-hybridized carbons (Fsp3) is 0.538. The first-order chi connectivity index (χ1) is 6.41. The number of benzene rings is 1. The maximum atomic E-state index is 6.08. The smallest absolute Gasteiger partial charge is 0.0352 e. The van der Waals surface area contributed by atoms with Gasteiger partial charge in [-0.3, -0.25) is 0 Å². The summed E-state index contributed by atoms with van der Waals surface area (Å²) in [6.45, 7) is 8.70. The molecule has 0 aromatic heterocycles. The fourth-order valence-corrected chi connectivity index (χ4v) is 2.23. The third-order valence-corrected chi connectivity index (χ3v) is 3.56. The van der Waals surface area contributed by atoms with Crippen molar-refractivity contribution in [3.8, 4) is 0 Å². The van der Waals surface area contributed by atoms with Gasteiger partial charge in [0.2, 0.25) is 0 Å². The van der Waals surface area contributed by atoms with Crippen molar-refractivity contribution in [3.63, 3.8) is 0 Å². The number of hydrogen-bond acceptors (Lipinski definition) is 1. The number of nitrogens with two attached hydrogens (primary N) is 1. The summed E-state index contributed by atoms with van der Waals surface area (Å²) in [7, 11) is 0. The average Bonchev–Trinajstić information content (AvgIpc) is 2.14. The largest absolute Gasteiger partial charge is 0.322 e. The second-order valence-electron chi connectivity index (χ2n) is 5.14. The van der Waals surface area contributed by atoms with Crippen LogP contribution in [0.4, 0.5) is 0 Å². The summed E-state index contributed by atoms with van der Waals surface area (Å²) in [6, 6.07) is 6.69. The summed E-state index contributed by atoms with van der Waals surface area (Å²) in [5.41, 5.74) is 10.1. The quantitative estimate of drug-likeness (QED) is 0.721. The highest BCUT2D eigenvalue weighted by Gasteiger charge is 2.31. The molecule has 0 amide bonds. The zero-order valence-electron chi connectivity index (χ0n) is 9.46. The Morgan fingerprint density at radius 2 is 1.64 bits per heavy atom. The Morgan fingerprint density at radius 3 is 2.21 bits per heavy atom. The molecule has 0 radical (unpaired) electrons. The second kappa shape index (κ2) is 2.83. The van der Waals surface area contributed by atoms with Crippen LogP contribution in [0.3, 0.4) is 0 Å². The Kier molecular flexibility index (Phi) is 1.97. The van der Waals surface area contributed by atoms with Crippen LogP contribution < -0.4 is 5.73 Å². The first kappa shape index (κ1) is 9.72. The second-order valence-corrected chi connectivity index (χ2v) is 5.14. The Hall–Kier alpha value is -0.820. The van der Waals surface area contributed by atoms with Crippen molar-refractivity contribution in [1.82, 2.24) is 0 Å². The molecule has 76 valence electrons. The molecular formula is C13H19N. The minimum atomic E-state index is -0.215. The SMILES string of the molecule is CC1c2ccc(C(C)(C)N)cc2C1C. The van der Waals surface area contributed by atoms with Crippen molar-refractivity contribution in [2.45, 2.75) is 45.1 Å². The molecule has 2 N–H and O–H groups in total. The van der Waals surface area contributed by atoms with E-state index in [1.54, 1.807) is 0 Å². The van der Waals surface area contributed by atoms with Crippen molar-refractivity contribution in [2.75, 3.05) is 0 Å². The van der Waals surface area contributed by atoms with Gasteiger partial charge in [0.1, 0.15) is 0 Å². The molecule has 2 rings (SSSR count). The van der Waals surface area contributed by atoms with Crippen LogP contribution in [-0.4, -0.2) is 0 Å². The predicted octanol–water partition coefficient (Wildman–Crippen LogP) is 3.10. The molecule has 1 aliphatic rings. The van der Waals surface area contributed by atoms with E-state index >= 15 is 0 Å².